The standard InChI is InChI=1S/C22H22ClN3O5S/c1-15-5-2-3-12-26(15)32(28,29)19-7-4-6-17(13-19)22(27)30-14-20-24-25-21(31-20)16-8-10-18(23)11-9-16/h4,6-11,13,15H,2-3,5,12,14H2,1H3/t15-/m1/s1. The number of carbonyl (C=O) groups excluding carboxylic acids is 1. The van der Waals surface area contributed by atoms with Crippen LogP contribution in [-0.2, 0) is 21.4 Å². The lowest BCUT2D eigenvalue weighted by atomic mass is 10.1. The third-order valence-electron chi connectivity index (χ3n) is 5.30. The quantitative estimate of drug-likeness (QED) is 0.489. The number of esters is 1. The second-order valence-electron chi connectivity index (χ2n) is 7.57. The molecule has 0 saturated carbocycles. The molecule has 0 aliphatic carbocycles. The number of nitrogens with zero attached hydrogens (tertiary/aromatic N) is 3. The maximum Gasteiger partial charge on any atom is 0.338 e. The molecule has 8 nitrogen and oxygen atoms in total. The van der Waals surface area contributed by atoms with Gasteiger partial charge in [-0.05, 0) is 62.2 Å². The van der Waals surface area contributed by atoms with Gasteiger partial charge in [-0.2, -0.15) is 4.31 Å². The zero-order valence-corrected chi connectivity index (χ0v) is 19.0. The number of sulfonamides is 1. The van der Waals surface area contributed by atoms with Crippen molar-refractivity contribution in [3.63, 3.8) is 0 Å². The summed E-state index contributed by atoms with van der Waals surface area (Å²) >= 11 is 5.87. The van der Waals surface area contributed by atoms with E-state index in [9.17, 15) is 13.2 Å². The Hall–Kier alpha value is -2.75. The van der Waals surface area contributed by atoms with Gasteiger partial charge in [0.1, 0.15) is 0 Å². The fourth-order valence-electron chi connectivity index (χ4n) is 3.58. The Labute approximate surface area is 191 Å². The molecule has 1 aliphatic rings. The molecule has 0 unspecified atom stereocenters. The fraction of sp³-hybridized carbons (Fsp3) is 0.318. The highest BCUT2D eigenvalue weighted by Gasteiger charge is 2.31. The number of aromatic nitrogens is 2. The molecule has 0 amide bonds. The first-order chi connectivity index (χ1) is 15.3. The monoisotopic (exact) mass is 475 g/mol. The molecule has 0 bridgehead atoms. The molecule has 0 N–H and O–H groups in total. The summed E-state index contributed by atoms with van der Waals surface area (Å²) in [6, 6.07) is 12.7. The van der Waals surface area contributed by atoms with Gasteiger partial charge in [0.15, 0.2) is 6.61 Å². The van der Waals surface area contributed by atoms with Crippen LogP contribution in [0.2, 0.25) is 5.02 Å². The van der Waals surface area contributed by atoms with Crippen LogP contribution in [0.5, 0.6) is 0 Å². The number of hydrogen-bond donors (Lipinski definition) is 0. The summed E-state index contributed by atoms with van der Waals surface area (Å²) in [6.07, 6.45) is 2.66. The fourth-order valence-corrected chi connectivity index (χ4v) is 5.45. The largest absolute Gasteiger partial charge is 0.452 e. The minimum absolute atomic E-state index is 0.0725. The highest BCUT2D eigenvalue weighted by Crippen LogP contribution is 2.26. The second kappa shape index (κ2) is 9.40. The number of hydrogen-bond acceptors (Lipinski definition) is 7. The molecule has 3 aromatic rings. The van der Waals surface area contributed by atoms with Gasteiger partial charge >= 0.3 is 5.97 Å². The normalized spacial score (nSPS) is 17.2. The number of piperidine rings is 1. The molecule has 0 spiro atoms. The van der Waals surface area contributed by atoms with Gasteiger partial charge < -0.3 is 9.15 Å². The van der Waals surface area contributed by atoms with E-state index >= 15 is 0 Å². The molecule has 4 rings (SSSR count). The lowest BCUT2D eigenvalue weighted by Gasteiger charge is -2.32. The van der Waals surface area contributed by atoms with Gasteiger partial charge in [0.2, 0.25) is 15.9 Å². The number of ether oxygens (including phenoxy) is 1. The molecule has 2 aromatic carbocycles. The van der Waals surface area contributed by atoms with E-state index < -0.39 is 16.0 Å². The Balaban J connectivity index is 1.44. The third kappa shape index (κ3) is 4.85. The van der Waals surface area contributed by atoms with Crippen molar-refractivity contribution in [1.29, 1.82) is 0 Å². The van der Waals surface area contributed by atoms with Gasteiger partial charge in [0.25, 0.3) is 5.89 Å². The van der Waals surface area contributed by atoms with E-state index in [0.717, 1.165) is 19.3 Å². The van der Waals surface area contributed by atoms with E-state index in [2.05, 4.69) is 10.2 Å². The van der Waals surface area contributed by atoms with Gasteiger partial charge in [0.05, 0.1) is 10.5 Å². The van der Waals surface area contributed by atoms with E-state index in [4.69, 9.17) is 20.8 Å². The van der Waals surface area contributed by atoms with Gasteiger partial charge in [0, 0.05) is 23.2 Å². The predicted molar refractivity (Wildman–Crippen MR) is 118 cm³/mol. The van der Waals surface area contributed by atoms with Crippen LogP contribution in [0, 0.1) is 0 Å². The maximum absolute atomic E-state index is 13.0. The molecule has 1 atom stereocenters. The summed E-state index contributed by atoms with van der Waals surface area (Å²) in [4.78, 5) is 12.6. The van der Waals surface area contributed by atoms with Gasteiger partial charge in [-0.3, -0.25) is 0 Å². The van der Waals surface area contributed by atoms with Gasteiger partial charge in [-0.15, -0.1) is 10.2 Å². The van der Waals surface area contributed by atoms with E-state index in [0.29, 0.717) is 17.1 Å². The lowest BCUT2D eigenvalue weighted by molar-refractivity contribution is 0.0438. The van der Waals surface area contributed by atoms with Crippen molar-refractivity contribution >= 4 is 27.6 Å². The number of rotatable bonds is 6. The molecular formula is C22H22ClN3O5S. The summed E-state index contributed by atoms with van der Waals surface area (Å²) in [5.41, 5.74) is 0.817. The average Bonchev–Trinajstić information content (AvgIpc) is 3.27. The van der Waals surface area contributed by atoms with Crippen LogP contribution in [-0.4, -0.2) is 41.5 Å². The van der Waals surface area contributed by atoms with E-state index in [-0.39, 0.29) is 34.9 Å². The first kappa shape index (κ1) is 22.4. The highest BCUT2D eigenvalue weighted by atomic mass is 35.5. The Morgan fingerprint density at radius 3 is 2.72 bits per heavy atom. The van der Waals surface area contributed by atoms with Crippen molar-refractivity contribution in [2.45, 2.75) is 43.7 Å². The van der Waals surface area contributed by atoms with Crippen LogP contribution >= 0.6 is 11.6 Å². The molecule has 0 radical (unpaired) electrons. The number of benzene rings is 2. The third-order valence-corrected chi connectivity index (χ3v) is 7.56. The molecule has 1 saturated heterocycles. The minimum Gasteiger partial charge on any atom is -0.452 e. The first-order valence-corrected chi connectivity index (χ1v) is 12.0. The van der Waals surface area contributed by atoms with Crippen molar-refractivity contribution in [3.8, 4) is 11.5 Å². The summed E-state index contributed by atoms with van der Waals surface area (Å²) in [5, 5.41) is 8.40. The van der Waals surface area contributed by atoms with E-state index in [1.807, 2.05) is 6.92 Å². The van der Waals surface area contributed by atoms with Crippen LogP contribution in [0.15, 0.2) is 57.8 Å². The van der Waals surface area contributed by atoms with Crippen molar-refractivity contribution in [2.75, 3.05) is 6.54 Å². The molecular weight excluding hydrogens is 454 g/mol. The van der Waals surface area contributed by atoms with Crippen molar-refractivity contribution < 1.29 is 22.4 Å². The summed E-state index contributed by atoms with van der Waals surface area (Å²) in [6.45, 7) is 2.14. The first-order valence-electron chi connectivity index (χ1n) is 10.2. The Bertz CT molecular complexity index is 1210. The zero-order valence-electron chi connectivity index (χ0n) is 17.4. The average molecular weight is 476 g/mol. The number of halogens is 1. The molecule has 1 aromatic heterocycles. The van der Waals surface area contributed by atoms with Crippen LogP contribution in [0.1, 0.15) is 42.4 Å². The Morgan fingerprint density at radius 2 is 1.97 bits per heavy atom. The highest BCUT2D eigenvalue weighted by molar-refractivity contribution is 7.89. The zero-order chi connectivity index (χ0) is 22.7. The van der Waals surface area contributed by atoms with Crippen LogP contribution in [0.3, 0.4) is 0 Å². The lowest BCUT2D eigenvalue weighted by Crippen LogP contribution is -2.41. The molecule has 1 fully saturated rings. The summed E-state index contributed by atoms with van der Waals surface area (Å²) in [7, 11) is -3.69. The molecule has 168 valence electrons. The van der Waals surface area contributed by atoms with Crippen LogP contribution < -0.4 is 0 Å². The topological polar surface area (TPSA) is 103 Å². The van der Waals surface area contributed by atoms with E-state index in [1.54, 1.807) is 24.3 Å². The Morgan fingerprint density at radius 1 is 1.19 bits per heavy atom. The summed E-state index contributed by atoms with van der Waals surface area (Å²) in [5.74, 6) is -0.286. The molecule has 32 heavy (non-hydrogen) atoms. The number of carbonyl (C=O) groups is 1. The molecule has 10 heteroatoms. The van der Waals surface area contributed by atoms with Crippen molar-refractivity contribution in [1.82, 2.24) is 14.5 Å². The van der Waals surface area contributed by atoms with Crippen LogP contribution in [0.4, 0.5) is 0 Å². The van der Waals surface area contributed by atoms with Crippen molar-refractivity contribution in [3.05, 3.63) is 65.0 Å². The second-order valence-corrected chi connectivity index (χ2v) is 9.90. The molecule has 1 aliphatic heterocycles. The Kier molecular flexibility index (Phi) is 6.59. The minimum atomic E-state index is -3.69. The SMILES string of the molecule is C[C@@H]1CCCCN1S(=O)(=O)c1cccc(C(=O)OCc2nnc(-c3ccc(Cl)cc3)o2)c1. The van der Waals surface area contributed by atoms with Crippen LogP contribution in [0.25, 0.3) is 11.5 Å². The summed E-state index contributed by atoms with van der Waals surface area (Å²) < 4.78 is 38.4. The maximum atomic E-state index is 13.0. The predicted octanol–water partition coefficient (Wildman–Crippen LogP) is 4.31. The smallest absolute Gasteiger partial charge is 0.338 e. The van der Waals surface area contributed by atoms with E-state index in [1.165, 1.54) is 28.6 Å². The van der Waals surface area contributed by atoms with Crippen molar-refractivity contribution in [2.24, 2.45) is 0 Å². The van der Waals surface area contributed by atoms with Gasteiger partial charge in [-0.25, -0.2) is 13.2 Å². The molecule has 2 heterocycles. The van der Waals surface area contributed by atoms with Gasteiger partial charge in [-0.1, -0.05) is 24.1 Å².